The van der Waals surface area contributed by atoms with Gasteiger partial charge in [-0.05, 0) is 58.7 Å². The molecule has 2 rings (SSSR count). The van der Waals surface area contributed by atoms with Crippen molar-refractivity contribution >= 4 is 0 Å². The van der Waals surface area contributed by atoms with Gasteiger partial charge in [0.2, 0.25) is 0 Å². The molecule has 3 heteroatoms. The summed E-state index contributed by atoms with van der Waals surface area (Å²) in [4.78, 5) is 2.57. The van der Waals surface area contributed by atoms with Crippen molar-refractivity contribution in [3.8, 4) is 0 Å². The zero-order valence-electron chi connectivity index (χ0n) is 12.9. The summed E-state index contributed by atoms with van der Waals surface area (Å²) in [6.45, 7) is 12.4. The number of nitrogens with two attached hydrogens (primary N) is 1. The molecule has 2 aliphatic rings. The highest BCUT2D eigenvalue weighted by atomic mass is 15.2. The molecule has 0 aromatic rings. The fourth-order valence-corrected chi connectivity index (χ4v) is 3.26. The Balaban J connectivity index is 2.18. The number of nitrogens with one attached hydrogen (secondary N) is 1. The van der Waals surface area contributed by atoms with Crippen molar-refractivity contribution in [3.63, 3.8) is 0 Å². The summed E-state index contributed by atoms with van der Waals surface area (Å²) in [5, 5.41) is 3.51. The maximum absolute atomic E-state index is 6.01. The predicted molar refractivity (Wildman–Crippen MR) is 81.6 cm³/mol. The second-order valence-corrected chi connectivity index (χ2v) is 6.90. The summed E-state index contributed by atoms with van der Waals surface area (Å²) in [6, 6.07) is 0. The largest absolute Gasteiger partial charge is 0.399 e. The van der Waals surface area contributed by atoms with Crippen LogP contribution < -0.4 is 11.1 Å². The molecule has 0 spiro atoms. The van der Waals surface area contributed by atoms with Crippen LogP contribution in [0.15, 0.2) is 23.5 Å². The van der Waals surface area contributed by atoms with E-state index in [-0.39, 0.29) is 5.54 Å². The number of nitrogens with zero attached hydrogens (tertiary/aromatic N) is 1. The normalized spacial score (nSPS) is 27.7. The van der Waals surface area contributed by atoms with Gasteiger partial charge >= 0.3 is 0 Å². The molecule has 1 heterocycles. The van der Waals surface area contributed by atoms with Gasteiger partial charge < -0.3 is 16.0 Å². The standard InChI is InChI=1S/C16H29N3/c1-5-18-10-12-8-13-6-7-14(17)9-15(13)19(11-12)16(2,3)4/h7,9,12-13,18H,5-6,8,10-11,17H2,1-4H3. The van der Waals surface area contributed by atoms with Gasteiger partial charge in [-0.1, -0.05) is 13.0 Å². The van der Waals surface area contributed by atoms with Gasteiger partial charge in [0.15, 0.2) is 0 Å². The fraction of sp³-hybridized carbons (Fsp3) is 0.750. The number of allylic oxidation sites excluding steroid dienone is 3. The lowest BCUT2D eigenvalue weighted by molar-refractivity contribution is 0.0938. The lowest BCUT2D eigenvalue weighted by atomic mass is 9.79. The molecule has 2 unspecified atom stereocenters. The van der Waals surface area contributed by atoms with Crippen molar-refractivity contribution in [3.05, 3.63) is 23.5 Å². The number of fused-ring (bicyclic) bond motifs is 1. The molecule has 3 nitrogen and oxygen atoms in total. The number of hydrogen-bond acceptors (Lipinski definition) is 3. The van der Waals surface area contributed by atoms with Crippen LogP contribution >= 0.6 is 0 Å². The van der Waals surface area contributed by atoms with Crippen LogP contribution in [-0.2, 0) is 0 Å². The van der Waals surface area contributed by atoms with Gasteiger partial charge in [0.05, 0.1) is 0 Å². The van der Waals surface area contributed by atoms with E-state index in [1.807, 2.05) is 0 Å². The summed E-state index contributed by atoms with van der Waals surface area (Å²) in [5.41, 5.74) is 8.58. The maximum Gasteiger partial charge on any atom is 0.0315 e. The first-order valence-electron chi connectivity index (χ1n) is 7.57. The lowest BCUT2D eigenvalue weighted by Crippen LogP contribution is -2.50. The first-order chi connectivity index (χ1) is 8.91. The van der Waals surface area contributed by atoms with E-state index < -0.39 is 0 Å². The number of hydrogen-bond donors (Lipinski definition) is 2. The quantitative estimate of drug-likeness (QED) is 0.822. The Kier molecular flexibility index (Phi) is 4.24. The fourth-order valence-electron chi connectivity index (χ4n) is 3.26. The topological polar surface area (TPSA) is 41.3 Å². The van der Waals surface area contributed by atoms with Crippen LogP contribution in [-0.4, -0.2) is 30.1 Å². The Morgan fingerprint density at radius 1 is 1.42 bits per heavy atom. The second kappa shape index (κ2) is 5.58. The third-order valence-corrected chi connectivity index (χ3v) is 4.23. The summed E-state index contributed by atoms with van der Waals surface area (Å²) in [5.74, 6) is 1.40. The molecule has 1 saturated heterocycles. The molecular formula is C16H29N3. The van der Waals surface area contributed by atoms with Crippen LogP contribution in [0.25, 0.3) is 0 Å². The average molecular weight is 263 g/mol. The zero-order chi connectivity index (χ0) is 14.0. The van der Waals surface area contributed by atoms with Crippen molar-refractivity contribution in [2.75, 3.05) is 19.6 Å². The van der Waals surface area contributed by atoms with Crippen LogP contribution in [0, 0.1) is 11.8 Å². The number of rotatable bonds is 3. The minimum Gasteiger partial charge on any atom is -0.399 e. The van der Waals surface area contributed by atoms with Crippen LogP contribution in [0.3, 0.4) is 0 Å². The molecule has 0 amide bonds. The van der Waals surface area contributed by atoms with Crippen molar-refractivity contribution in [2.24, 2.45) is 17.6 Å². The Labute approximate surface area is 117 Å². The molecule has 1 fully saturated rings. The zero-order valence-corrected chi connectivity index (χ0v) is 12.9. The van der Waals surface area contributed by atoms with E-state index in [1.165, 1.54) is 12.1 Å². The highest BCUT2D eigenvalue weighted by molar-refractivity contribution is 5.29. The third-order valence-electron chi connectivity index (χ3n) is 4.23. The van der Waals surface area contributed by atoms with Gasteiger partial charge in [-0.2, -0.15) is 0 Å². The first-order valence-corrected chi connectivity index (χ1v) is 7.57. The minimum absolute atomic E-state index is 0.173. The van der Waals surface area contributed by atoms with E-state index >= 15 is 0 Å². The number of piperidine rings is 1. The molecule has 0 radical (unpaired) electrons. The van der Waals surface area contributed by atoms with Crippen LogP contribution in [0.1, 0.15) is 40.5 Å². The molecule has 19 heavy (non-hydrogen) atoms. The molecule has 1 aliphatic carbocycles. The summed E-state index contributed by atoms with van der Waals surface area (Å²) in [6.07, 6.45) is 6.77. The molecule has 108 valence electrons. The monoisotopic (exact) mass is 263 g/mol. The summed E-state index contributed by atoms with van der Waals surface area (Å²) in [7, 11) is 0. The van der Waals surface area contributed by atoms with E-state index in [0.717, 1.165) is 37.7 Å². The van der Waals surface area contributed by atoms with E-state index in [9.17, 15) is 0 Å². The smallest absolute Gasteiger partial charge is 0.0315 e. The molecule has 3 N–H and O–H groups in total. The van der Waals surface area contributed by atoms with Crippen LogP contribution in [0.2, 0.25) is 0 Å². The lowest BCUT2D eigenvalue weighted by Gasteiger charge is -2.49. The van der Waals surface area contributed by atoms with Gasteiger partial charge in [-0.3, -0.25) is 0 Å². The van der Waals surface area contributed by atoms with Gasteiger partial charge in [0.1, 0.15) is 0 Å². The Hall–Kier alpha value is -0.960. The molecule has 0 saturated carbocycles. The Morgan fingerprint density at radius 2 is 2.16 bits per heavy atom. The molecule has 0 aromatic carbocycles. The van der Waals surface area contributed by atoms with Crippen molar-refractivity contribution in [2.45, 2.75) is 46.1 Å². The van der Waals surface area contributed by atoms with Crippen LogP contribution in [0.4, 0.5) is 0 Å². The second-order valence-electron chi connectivity index (χ2n) is 6.90. The summed E-state index contributed by atoms with van der Waals surface area (Å²) < 4.78 is 0. The average Bonchev–Trinajstić information content (AvgIpc) is 2.34. The molecule has 1 aliphatic heterocycles. The molecule has 2 atom stereocenters. The van der Waals surface area contributed by atoms with Gasteiger partial charge in [-0.15, -0.1) is 0 Å². The van der Waals surface area contributed by atoms with E-state index in [0.29, 0.717) is 5.92 Å². The minimum atomic E-state index is 0.173. The summed E-state index contributed by atoms with van der Waals surface area (Å²) >= 11 is 0. The molecular weight excluding hydrogens is 234 g/mol. The first kappa shape index (κ1) is 14.4. The predicted octanol–water partition coefficient (Wildman–Crippen LogP) is 2.46. The van der Waals surface area contributed by atoms with Gasteiger partial charge in [0.25, 0.3) is 0 Å². The van der Waals surface area contributed by atoms with Crippen molar-refractivity contribution in [1.82, 2.24) is 10.2 Å². The van der Waals surface area contributed by atoms with Crippen LogP contribution in [0.5, 0.6) is 0 Å². The number of likely N-dealkylation sites (tertiary alicyclic amines) is 1. The van der Waals surface area contributed by atoms with E-state index in [1.54, 1.807) is 0 Å². The van der Waals surface area contributed by atoms with Gasteiger partial charge in [-0.25, -0.2) is 0 Å². The SMILES string of the molecule is CCNCC1CC2CC=C(N)C=C2N(C(C)(C)C)C1. The highest BCUT2D eigenvalue weighted by Crippen LogP contribution is 2.39. The maximum atomic E-state index is 6.01. The van der Waals surface area contributed by atoms with E-state index in [2.05, 4.69) is 50.1 Å². The molecule has 0 aromatic heterocycles. The van der Waals surface area contributed by atoms with Crippen molar-refractivity contribution in [1.29, 1.82) is 0 Å². The Morgan fingerprint density at radius 3 is 2.79 bits per heavy atom. The van der Waals surface area contributed by atoms with E-state index in [4.69, 9.17) is 5.73 Å². The van der Waals surface area contributed by atoms with Crippen molar-refractivity contribution < 1.29 is 0 Å². The van der Waals surface area contributed by atoms with Gasteiger partial charge in [0, 0.05) is 29.4 Å². The highest BCUT2D eigenvalue weighted by Gasteiger charge is 2.36. The molecule has 0 bridgehead atoms. The third kappa shape index (κ3) is 3.33. The Bertz CT molecular complexity index is 376.